The van der Waals surface area contributed by atoms with Gasteiger partial charge in [0, 0.05) is 24.8 Å². The fraction of sp³-hybridized carbons (Fsp3) is 0.444. The molecule has 0 saturated heterocycles. The largest absolute Gasteiger partial charge is 0.383 e. The van der Waals surface area contributed by atoms with Gasteiger partial charge in [0.15, 0.2) is 0 Å². The molecule has 1 aliphatic heterocycles. The molecule has 1 aromatic heterocycles. The van der Waals surface area contributed by atoms with Crippen LogP contribution in [0.4, 0.5) is 11.5 Å². The lowest BCUT2D eigenvalue weighted by Crippen LogP contribution is -2.33. The molecule has 4 rings (SSSR count). The lowest BCUT2D eigenvalue weighted by Gasteiger charge is -2.32. The van der Waals surface area contributed by atoms with Crippen LogP contribution in [0.1, 0.15) is 46.8 Å². The van der Waals surface area contributed by atoms with E-state index in [0.717, 1.165) is 61.2 Å². The number of nitrogens with zero attached hydrogens (tertiary/aromatic N) is 3. The van der Waals surface area contributed by atoms with E-state index >= 15 is 0 Å². The third-order valence-electron chi connectivity index (χ3n) is 5.18. The van der Waals surface area contributed by atoms with Crippen LogP contribution in [0.3, 0.4) is 0 Å². The smallest absolute Gasteiger partial charge is 0.256 e. The molecule has 1 aliphatic carbocycles. The number of carbonyl (C=O) groups is 1. The molecule has 0 spiro atoms. The highest BCUT2D eigenvalue weighted by Gasteiger charge is 2.32. The van der Waals surface area contributed by atoms with E-state index in [4.69, 9.17) is 5.73 Å². The minimum Gasteiger partial charge on any atom is -0.383 e. The summed E-state index contributed by atoms with van der Waals surface area (Å²) in [5, 5.41) is 4.55. The molecule has 2 aliphatic rings. The summed E-state index contributed by atoms with van der Waals surface area (Å²) < 4.78 is 1.47. The molecule has 5 heteroatoms. The normalized spacial score (nSPS) is 20.0. The third kappa shape index (κ3) is 2.22. The van der Waals surface area contributed by atoms with Gasteiger partial charge in [-0.3, -0.25) is 4.79 Å². The van der Waals surface area contributed by atoms with Gasteiger partial charge in [-0.2, -0.15) is 9.78 Å². The zero-order chi connectivity index (χ0) is 16.0. The van der Waals surface area contributed by atoms with Crippen molar-refractivity contribution < 1.29 is 4.79 Å². The highest BCUT2D eigenvalue weighted by molar-refractivity contribution is 5.90. The van der Waals surface area contributed by atoms with Crippen LogP contribution < -0.4 is 10.6 Å². The third-order valence-corrected chi connectivity index (χ3v) is 5.18. The van der Waals surface area contributed by atoms with Gasteiger partial charge >= 0.3 is 0 Å². The van der Waals surface area contributed by atoms with E-state index in [1.807, 2.05) is 18.2 Å². The molecule has 2 N–H and O–H groups in total. The fourth-order valence-electron chi connectivity index (χ4n) is 3.88. The maximum absolute atomic E-state index is 13.1. The fourth-order valence-corrected chi connectivity index (χ4v) is 3.88. The summed E-state index contributed by atoms with van der Waals surface area (Å²) in [5.74, 6) is 0.407. The number of rotatable bonds is 1. The first kappa shape index (κ1) is 14.3. The Hall–Kier alpha value is -2.30. The Morgan fingerprint density at radius 1 is 1.26 bits per heavy atom. The summed E-state index contributed by atoms with van der Waals surface area (Å²) in [6.45, 7) is 0.869. The zero-order valence-corrected chi connectivity index (χ0v) is 13.5. The second kappa shape index (κ2) is 5.41. The average molecular weight is 310 g/mol. The number of aromatic nitrogens is 2. The first-order valence-electron chi connectivity index (χ1n) is 8.37. The molecule has 1 atom stereocenters. The number of benzene rings is 1. The van der Waals surface area contributed by atoms with Gasteiger partial charge in [-0.15, -0.1) is 0 Å². The SMILES string of the molecule is CN1CC[C@@H](C(=O)n2nc3c(c2N)CCCC3)c2ccccc21. The van der Waals surface area contributed by atoms with E-state index < -0.39 is 0 Å². The highest BCUT2D eigenvalue weighted by Crippen LogP contribution is 2.36. The molecule has 0 fully saturated rings. The molecule has 2 heterocycles. The Kier molecular flexibility index (Phi) is 3.36. The number of carbonyl (C=O) groups excluding carboxylic acids is 1. The van der Waals surface area contributed by atoms with E-state index in [0.29, 0.717) is 5.82 Å². The Labute approximate surface area is 136 Å². The van der Waals surface area contributed by atoms with Gasteiger partial charge in [0.2, 0.25) is 0 Å². The van der Waals surface area contributed by atoms with Crippen molar-refractivity contribution in [1.29, 1.82) is 0 Å². The van der Waals surface area contributed by atoms with Crippen LogP contribution >= 0.6 is 0 Å². The van der Waals surface area contributed by atoms with Crippen molar-refractivity contribution in [2.75, 3.05) is 24.2 Å². The second-order valence-corrected chi connectivity index (χ2v) is 6.59. The molecular weight excluding hydrogens is 288 g/mol. The van der Waals surface area contributed by atoms with Crippen molar-refractivity contribution in [3.63, 3.8) is 0 Å². The molecule has 0 amide bonds. The molecule has 2 aromatic rings. The van der Waals surface area contributed by atoms with Crippen LogP contribution in [0.2, 0.25) is 0 Å². The number of para-hydroxylation sites is 1. The van der Waals surface area contributed by atoms with Crippen molar-refractivity contribution in [1.82, 2.24) is 9.78 Å². The van der Waals surface area contributed by atoms with Gasteiger partial charge in [-0.05, 0) is 43.7 Å². The van der Waals surface area contributed by atoms with Gasteiger partial charge in [0.1, 0.15) is 5.82 Å². The summed E-state index contributed by atoms with van der Waals surface area (Å²) in [4.78, 5) is 15.3. The van der Waals surface area contributed by atoms with Crippen LogP contribution in [-0.4, -0.2) is 29.3 Å². The minimum absolute atomic E-state index is 0.0115. The Morgan fingerprint density at radius 3 is 2.87 bits per heavy atom. The first-order valence-corrected chi connectivity index (χ1v) is 8.37. The Bertz CT molecular complexity index is 764. The van der Waals surface area contributed by atoms with Crippen molar-refractivity contribution in [2.45, 2.75) is 38.0 Å². The number of nitrogen functional groups attached to an aromatic ring is 1. The standard InChI is InChI=1S/C18H22N4O/c1-21-11-10-13(12-6-3-5-9-16(12)21)18(23)22-17(19)14-7-2-4-8-15(14)20-22/h3,5-6,9,13H,2,4,7-8,10-11,19H2,1H3/t13-/m1/s1. The van der Waals surface area contributed by atoms with Crippen LogP contribution in [-0.2, 0) is 12.8 Å². The predicted molar refractivity (Wildman–Crippen MR) is 91.0 cm³/mol. The second-order valence-electron chi connectivity index (χ2n) is 6.59. The van der Waals surface area contributed by atoms with E-state index in [1.165, 1.54) is 4.68 Å². The molecule has 0 unspecified atom stereocenters. The predicted octanol–water partition coefficient (Wildman–Crippen LogP) is 2.61. The van der Waals surface area contributed by atoms with E-state index in [1.54, 1.807) is 0 Å². The van der Waals surface area contributed by atoms with Crippen molar-refractivity contribution >= 4 is 17.4 Å². The van der Waals surface area contributed by atoms with Gasteiger partial charge in [-0.25, -0.2) is 0 Å². The Morgan fingerprint density at radius 2 is 2.04 bits per heavy atom. The monoisotopic (exact) mass is 310 g/mol. The molecule has 5 nitrogen and oxygen atoms in total. The van der Waals surface area contributed by atoms with E-state index in [2.05, 4.69) is 23.1 Å². The lowest BCUT2D eigenvalue weighted by atomic mass is 9.89. The quantitative estimate of drug-likeness (QED) is 0.879. The summed E-state index contributed by atoms with van der Waals surface area (Å²) in [5.41, 5.74) is 10.6. The van der Waals surface area contributed by atoms with Crippen LogP contribution in [0.5, 0.6) is 0 Å². The maximum atomic E-state index is 13.1. The molecule has 0 saturated carbocycles. The average Bonchev–Trinajstić information content (AvgIpc) is 2.92. The number of fused-ring (bicyclic) bond motifs is 2. The van der Waals surface area contributed by atoms with Gasteiger partial charge in [-0.1, -0.05) is 18.2 Å². The minimum atomic E-state index is -0.161. The molecule has 120 valence electrons. The van der Waals surface area contributed by atoms with Crippen LogP contribution in [0, 0.1) is 0 Å². The molecule has 0 radical (unpaired) electrons. The number of nitrogens with two attached hydrogens (primary N) is 1. The Balaban J connectivity index is 1.73. The van der Waals surface area contributed by atoms with Crippen molar-refractivity contribution in [3.05, 3.63) is 41.1 Å². The van der Waals surface area contributed by atoms with Crippen LogP contribution in [0.25, 0.3) is 0 Å². The summed E-state index contributed by atoms with van der Waals surface area (Å²) in [6.07, 6.45) is 4.95. The van der Waals surface area contributed by atoms with Crippen molar-refractivity contribution in [2.24, 2.45) is 0 Å². The number of hydrogen-bond acceptors (Lipinski definition) is 4. The first-order chi connectivity index (χ1) is 11.2. The maximum Gasteiger partial charge on any atom is 0.256 e. The zero-order valence-electron chi connectivity index (χ0n) is 13.5. The number of hydrogen-bond donors (Lipinski definition) is 1. The summed E-state index contributed by atoms with van der Waals surface area (Å²) in [7, 11) is 2.07. The number of aryl methyl sites for hydroxylation is 1. The lowest BCUT2D eigenvalue weighted by molar-refractivity contribution is 0.0858. The molecular formula is C18H22N4O. The van der Waals surface area contributed by atoms with E-state index in [-0.39, 0.29) is 11.8 Å². The summed E-state index contributed by atoms with van der Waals surface area (Å²) in [6, 6.07) is 8.14. The highest BCUT2D eigenvalue weighted by atomic mass is 16.2. The van der Waals surface area contributed by atoms with Gasteiger partial charge in [0.05, 0.1) is 11.6 Å². The number of anilines is 2. The molecule has 23 heavy (non-hydrogen) atoms. The summed E-state index contributed by atoms with van der Waals surface area (Å²) >= 11 is 0. The van der Waals surface area contributed by atoms with Crippen LogP contribution in [0.15, 0.2) is 24.3 Å². The van der Waals surface area contributed by atoms with Gasteiger partial charge < -0.3 is 10.6 Å². The van der Waals surface area contributed by atoms with Crippen molar-refractivity contribution in [3.8, 4) is 0 Å². The molecule has 0 bridgehead atoms. The topological polar surface area (TPSA) is 64.2 Å². The molecule has 1 aromatic carbocycles. The van der Waals surface area contributed by atoms with E-state index in [9.17, 15) is 4.79 Å². The van der Waals surface area contributed by atoms with Gasteiger partial charge in [0.25, 0.3) is 5.91 Å².